The molecule has 1 amide bonds. The van der Waals surface area contributed by atoms with E-state index in [1.807, 2.05) is 11.5 Å². The Kier molecular flexibility index (Phi) is 5.72. The number of fused-ring (bicyclic) bond motifs is 1. The quantitative estimate of drug-likeness (QED) is 0.459. The summed E-state index contributed by atoms with van der Waals surface area (Å²) in [7, 11) is 1.49. The second-order valence-electron chi connectivity index (χ2n) is 7.43. The van der Waals surface area contributed by atoms with Crippen LogP contribution in [-0.2, 0) is 16.1 Å². The molecule has 4 aromatic rings. The van der Waals surface area contributed by atoms with Crippen LogP contribution in [0.1, 0.15) is 6.92 Å². The van der Waals surface area contributed by atoms with E-state index in [0.29, 0.717) is 36.7 Å². The third-order valence-electron chi connectivity index (χ3n) is 5.38. The number of aromatic nitrogens is 6. The number of amides is 1. The summed E-state index contributed by atoms with van der Waals surface area (Å²) >= 11 is 0. The lowest BCUT2D eigenvalue weighted by Gasteiger charge is -2.26. The molecule has 0 saturated carbocycles. The van der Waals surface area contributed by atoms with Gasteiger partial charge in [-0.2, -0.15) is 0 Å². The third kappa shape index (κ3) is 3.99. The van der Waals surface area contributed by atoms with Gasteiger partial charge in [-0.25, -0.2) is 29.3 Å². The van der Waals surface area contributed by atoms with Crippen LogP contribution in [0.4, 0.5) is 21.8 Å². The van der Waals surface area contributed by atoms with Gasteiger partial charge in [0.15, 0.2) is 11.3 Å². The fraction of sp³-hybridized carbons (Fsp3) is 0.273. The molecule has 0 bridgehead atoms. The maximum absolute atomic E-state index is 14.7. The van der Waals surface area contributed by atoms with Crippen LogP contribution >= 0.6 is 0 Å². The van der Waals surface area contributed by atoms with E-state index in [-0.39, 0.29) is 35.7 Å². The largest absolute Gasteiger partial charge is 0.479 e. The number of morpholine rings is 1. The van der Waals surface area contributed by atoms with Gasteiger partial charge in [0.2, 0.25) is 11.8 Å². The number of imidazole rings is 1. The first kappa shape index (κ1) is 21.6. The maximum atomic E-state index is 14.7. The van der Waals surface area contributed by atoms with Gasteiger partial charge in [0.25, 0.3) is 5.91 Å². The van der Waals surface area contributed by atoms with E-state index in [0.717, 1.165) is 11.7 Å². The van der Waals surface area contributed by atoms with Crippen molar-refractivity contribution < 1.29 is 18.7 Å². The van der Waals surface area contributed by atoms with Crippen LogP contribution in [0, 0.1) is 5.82 Å². The number of halogens is 1. The van der Waals surface area contributed by atoms with Gasteiger partial charge in [-0.3, -0.25) is 4.79 Å². The van der Waals surface area contributed by atoms with Gasteiger partial charge in [0, 0.05) is 13.1 Å². The van der Waals surface area contributed by atoms with Crippen molar-refractivity contribution in [3.8, 4) is 17.3 Å². The van der Waals surface area contributed by atoms with E-state index in [1.165, 1.54) is 7.11 Å². The molecule has 1 N–H and O–H groups in total. The Balaban J connectivity index is 1.44. The lowest BCUT2D eigenvalue weighted by molar-refractivity contribution is -0.125. The van der Waals surface area contributed by atoms with Crippen LogP contribution in [0.25, 0.3) is 22.4 Å². The van der Waals surface area contributed by atoms with E-state index < -0.39 is 5.82 Å². The highest BCUT2D eigenvalue weighted by atomic mass is 19.1. The van der Waals surface area contributed by atoms with Gasteiger partial charge in [0.1, 0.15) is 18.1 Å². The Hall–Kier alpha value is -4.19. The van der Waals surface area contributed by atoms with Crippen molar-refractivity contribution in [3.63, 3.8) is 0 Å². The van der Waals surface area contributed by atoms with E-state index in [9.17, 15) is 9.18 Å². The molecular formula is C22H21FN8O3. The predicted molar refractivity (Wildman–Crippen MR) is 121 cm³/mol. The second-order valence-corrected chi connectivity index (χ2v) is 7.43. The van der Waals surface area contributed by atoms with Gasteiger partial charge in [-0.15, -0.1) is 0 Å². The summed E-state index contributed by atoms with van der Waals surface area (Å²) in [5.41, 5.74) is 2.31. The first-order valence-corrected chi connectivity index (χ1v) is 10.6. The number of anilines is 3. The van der Waals surface area contributed by atoms with Crippen molar-refractivity contribution in [3.05, 3.63) is 42.7 Å². The number of carbonyl (C=O) groups excluding carboxylic acids is 1. The first-order valence-electron chi connectivity index (χ1n) is 10.6. The number of ether oxygens (including phenoxy) is 2. The first-order chi connectivity index (χ1) is 16.6. The molecule has 0 atom stereocenters. The van der Waals surface area contributed by atoms with Crippen molar-refractivity contribution in [2.45, 2.75) is 13.5 Å². The highest BCUT2D eigenvalue weighted by molar-refractivity contribution is 5.94. The van der Waals surface area contributed by atoms with Gasteiger partial charge >= 0.3 is 0 Å². The Labute approximate surface area is 193 Å². The third-order valence-corrected chi connectivity index (χ3v) is 5.38. The fourth-order valence-electron chi connectivity index (χ4n) is 3.68. The molecule has 0 radical (unpaired) electrons. The predicted octanol–water partition coefficient (Wildman–Crippen LogP) is 2.56. The van der Waals surface area contributed by atoms with E-state index in [4.69, 9.17) is 9.47 Å². The molecule has 1 aliphatic heterocycles. The van der Waals surface area contributed by atoms with Gasteiger partial charge in [0.05, 0.1) is 49.3 Å². The minimum absolute atomic E-state index is 0.0112. The molecule has 5 heterocycles. The molecular weight excluding hydrogens is 443 g/mol. The normalized spacial score (nSPS) is 14.0. The molecule has 1 aliphatic rings. The Morgan fingerprint density at radius 1 is 1.21 bits per heavy atom. The maximum Gasteiger partial charge on any atom is 0.253 e. The monoisotopic (exact) mass is 464 g/mol. The number of rotatable bonds is 6. The van der Waals surface area contributed by atoms with Crippen LogP contribution in [0.15, 0.2) is 36.9 Å². The van der Waals surface area contributed by atoms with Gasteiger partial charge < -0.3 is 24.3 Å². The van der Waals surface area contributed by atoms with Crippen LogP contribution in [0.5, 0.6) is 5.88 Å². The van der Waals surface area contributed by atoms with Crippen LogP contribution in [0.3, 0.4) is 0 Å². The lowest BCUT2D eigenvalue weighted by Crippen LogP contribution is -2.41. The number of hydrogen-bond acceptors (Lipinski definition) is 9. The van der Waals surface area contributed by atoms with Crippen molar-refractivity contribution in [2.75, 3.05) is 37.1 Å². The van der Waals surface area contributed by atoms with Gasteiger partial charge in [-0.05, 0) is 25.1 Å². The number of nitrogens with zero attached hydrogens (tertiary/aromatic N) is 7. The zero-order chi connectivity index (χ0) is 23.7. The Bertz CT molecular complexity index is 1360. The highest BCUT2D eigenvalue weighted by Gasteiger charge is 2.21. The van der Waals surface area contributed by atoms with Crippen LogP contribution in [0.2, 0.25) is 0 Å². The minimum atomic E-state index is -0.629. The molecule has 11 nitrogen and oxygen atoms in total. The van der Waals surface area contributed by atoms with Crippen molar-refractivity contribution >= 4 is 34.4 Å². The number of methoxy groups -OCH3 is 1. The van der Waals surface area contributed by atoms with Crippen molar-refractivity contribution in [2.24, 2.45) is 0 Å². The van der Waals surface area contributed by atoms with Crippen molar-refractivity contribution in [1.29, 1.82) is 0 Å². The summed E-state index contributed by atoms with van der Waals surface area (Å²) in [6, 6.07) is 5.17. The molecule has 12 heteroatoms. The Morgan fingerprint density at radius 2 is 2.09 bits per heavy atom. The average molecular weight is 464 g/mol. The summed E-state index contributed by atoms with van der Waals surface area (Å²) in [6.45, 7) is 3.65. The molecule has 0 aromatic carbocycles. The molecule has 1 fully saturated rings. The van der Waals surface area contributed by atoms with Crippen LogP contribution in [-0.4, -0.2) is 62.3 Å². The Morgan fingerprint density at radius 3 is 2.82 bits per heavy atom. The molecule has 0 spiro atoms. The van der Waals surface area contributed by atoms with Crippen LogP contribution < -0.4 is 15.0 Å². The number of pyridine rings is 2. The highest BCUT2D eigenvalue weighted by Crippen LogP contribution is 2.29. The molecule has 1 saturated heterocycles. The number of nitrogens with one attached hydrogen (secondary N) is 1. The van der Waals surface area contributed by atoms with E-state index in [1.54, 1.807) is 35.6 Å². The zero-order valence-electron chi connectivity index (χ0n) is 18.5. The zero-order valence-corrected chi connectivity index (χ0v) is 18.5. The SMILES string of the molecule is CCn1cnc2c(OC)nc(-c3nc(Nc4ccc(N5CCOCC5=O)cn4)ncc3F)cc21. The fourth-order valence-corrected chi connectivity index (χ4v) is 3.68. The summed E-state index contributed by atoms with van der Waals surface area (Å²) in [4.78, 5) is 35.0. The average Bonchev–Trinajstić information content (AvgIpc) is 3.29. The molecule has 34 heavy (non-hydrogen) atoms. The molecule has 0 unspecified atom stereocenters. The smallest absolute Gasteiger partial charge is 0.253 e. The van der Waals surface area contributed by atoms with Crippen molar-refractivity contribution in [1.82, 2.24) is 29.5 Å². The molecule has 4 aromatic heterocycles. The molecule has 5 rings (SSSR count). The van der Waals surface area contributed by atoms with E-state index >= 15 is 0 Å². The molecule has 0 aliphatic carbocycles. The molecule has 174 valence electrons. The van der Waals surface area contributed by atoms with Gasteiger partial charge in [-0.1, -0.05) is 0 Å². The summed E-state index contributed by atoms with van der Waals surface area (Å²) in [5.74, 6) is 0.110. The standard InChI is InChI=1S/C22H21FN8O3/c1-3-30-12-26-20-16(30)8-15(27-21(20)33-2)19-14(23)10-25-22(29-19)28-17-5-4-13(9-24-17)31-6-7-34-11-18(31)32/h4-5,8-10,12H,3,6-7,11H2,1-2H3,(H,24,25,28,29). The summed E-state index contributed by atoms with van der Waals surface area (Å²) < 4.78 is 27.1. The lowest BCUT2D eigenvalue weighted by atomic mass is 10.2. The minimum Gasteiger partial charge on any atom is -0.479 e. The van der Waals surface area contributed by atoms with E-state index in [2.05, 4.69) is 30.2 Å². The topological polar surface area (TPSA) is 120 Å². The number of aryl methyl sites for hydroxylation is 1. The summed E-state index contributed by atoms with van der Waals surface area (Å²) in [5, 5.41) is 2.96. The summed E-state index contributed by atoms with van der Waals surface area (Å²) in [6.07, 6.45) is 4.32. The number of carbonyl (C=O) groups is 1. The number of hydrogen-bond donors (Lipinski definition) is 1. The second kappa shape index (κ2) is 8.98.